The molecule has 1 heterocycles. The first kappa shape index (κ1) is 32.0. The minimum absolute atomic E-state index is 0.0506. The van der Waals surface area contributed by atoms with Crippen LogP contribution < -0.4 is 10.6 Å². The van der Waals surface area contributed by atoms with Gasteiger partial charge in [-0.25, -0.2) is 0 Å². The molecule has 6 nitrogen and oxygen atoms in total. The largest absolute Gasteiger partial charge is 0.338 e. The number of benzene rings is 1. The molecule has 0 spiro atoms. The maximum absolute atomic E-state index is 14.0. The maximum Gasteiger partial charge on any atom is 0.249 e. The number of hydrogen-bond donors (Lipinski definition) is 2. The number of rotatable bonds is 11. The van der Waals surface area contributed by atoms with Crippen LogP contribution in [0.2, 0.25) is 0 Å². The lowest BCUT2D eigenvalue weighted by Gasteiger charge is -2.40. The van der Waals surface area contributed by atoms with E-state index in [0.717, 1.165) is 25.0 Å². The standard InChI is InChI=1S/C32H54N4O2/c1-22(2)26(20-23(3)29(37)36-19-15-16-24(36)4)35(11)30(38)28(31(5,6)7)34-21-27(33-10)32(8,9)25-17-13-12-14-18-25/h12-14,17-18,20,22,24,26-28,33-34H,15-16,19,21H2,1-11H3/b23-20+/t24-,26?,27?,28?/m1/s1. The Bertz CT molecular complexity index is 948. The average molecular weight is 527 g/mol. The van der Waals surface area contributed by atoms with E-state index in [9.17, 15) is 9.59 Å². The van der Waals surface area contributed by atoms with Gasteiger partial charge in [0.25, 0.3) is 0 Å². The molecule has 2 N–H and O–H groups in total. The Hall–Kier alpha value is -2.18. The van der Waals surface area contributed by atoms with E-state index in [4.69, 9.17) is 0 Å². The Morgan fingerprint density at radius 1 is 1.13 bits per heavy atom. The molecule has 214 valence electrons. The fraction of sp³-hybridized carbons (Fsp3) is 0.688. The summed E-state index contributed by atoms with van der Waals surface area (Å²) in [5.41, 5.74) is 1.56. The molecule has 2 rings (SSSR count). The highest BCUT2D eigenvalue weighted by Gasteiger charge is 2.38. The monoisotopic (exact) mass is 526 g/mol. The second-order valence-corrected chi connectivity index (χ2v) is 13.2. The molecule has 38 heavy (non-hydrogen) atoms. The number of hydrogen-bond acceptors (Lipinski definition) is 4. The van der Waals surface area contributed by atoms with Crippen molar-refractivity contribution in [1.29, 1.82) is 0 Å². The summed E-state index contributed by atoms with van der Waals surface area (Å²) in [5, 5.41) is 7.12. The fourth-order valence-electron chi connectivity index (χ4n) is 5.68. The molecule has 0 bridgehead atoms. The van der Waals surface area contributed by atoms with Crippen molar-refractivity contribution in [3.63, 3.8) is 0 Å². The molecule has 1 aliphatic rings. The third-order valence-corrected chi connectivity index (χ3v) is 8.43. The van der Waals surface area contributed by atoms with Gasteiger partial charge < -0.3 is 20.4 Å². The van der Waals surface area contributed by atoms with Crippen LogP contribution in [0.1, 0.15) is 80.7 Å². The highest BCUT2D eigenvalue weighted by Crippen LogP contribution is 2.29. The minimum Gasteiger partial charge on any atom is -0.338 e. The van der Waals surface area contributed by atoms with Crippen LogP contribution in [0.25, 0.3) is 0 Å². The van der Waals surface area contributed by atoms with Crippen molar-refractivity contribution < 1.29 is 9.59 Å². The first-order chi connectivity index (χ1) is 17.6. The van der Waals surface area contributed by atoms with Crippen LogP contribution in [-0.4, -0.2) is 73.0 Å². The zero-order valence-electron chi connectivity index (χ0n) is 25.9. The Kier molecular flexibility index (Phi) is 11.2. The molecule has 1 aromatic rings. The van der Waals surface area contributed by atoms with Crippen molar-refractivity contribution >= 4 is 11.8 Å². The molecule has 1 saturated heterocycles. The topological polar surface area (TPSA) is 64.7 Å². The highest BCUT2D eigenvalue weighted by atomic mass is 16.2. The maximum atomic E-state index is 14.0. The predicted octanol–water partition coefficient (Wildman–Crippen LogP) is 5.00. The third kappa shape index (κ3) is 7.69. The van der Waals surface area contributed by atoms with Gasteiger partial charge in [-0.3, -0.25) is 9.59 Å². The van der Waals surface area contributed by atoms with E-state index in [1.807, 2.05) is 43.0 Å². The molecule has 0 aromatic heterocycles. The number of nitrogens with one attached hydrogen (secondary N) is 2. The summed E-state index contributed by atoms with van der Waals surface area (Å²) in [7, 11) is 3.86. The number of nitrogens with zero attached hydrogens (tertiary/aromatic N) is 2. The Morgan fingerprint density at radius 2 is 1.74 bits per heavy atom. The van der Waals surface area contributed by atoms with Crippen LogP contribution in [0.4, 0.5) is 0 Å². The first-order valence-corrected chi connectivity index (χ1v) is 14.3. The van der Waals surface area contributed by atoms with Crippen LogP contribution in [0.3, 0.4) is 0 Å². The summed E-state index contributed by atoms with van der Waals surface area (Å²) in [6, 6.07) is 10.4. The average Bonchev–Trinajstić information content (AvgIpc) is 3.28. The molecular formula is C32H54N4O2. The van der Waals surface area contributed by atoms with Gasteiger partial charge in [0.05, 0.1) is 12.1 Å². The van der Waals surface area contributed by atoms with E-state index in [1.165, 1.54) is 5.56 Å². The number of carbonyl (C=O) groups excluding carboxylic acids is 2. The van der Waals surface area contributed by atoms with Gasteiger partial charge in [-0.05, 0) is 50.6 Å². The summed E-state index contributed by atoms with van der Waals surface area (Å²) in [6.07, 6.45) is 4.11. The van der Waals surface area contributed by atoms with Gasteiger partial charge in [0, 0.05) is 43.2 Å². The van der Waals surface area contributed by atoms with Crippen molar-refractivity contribution in [2.45, 2.75) is 105 Å². The molecule has 6 heteroatoms. The van der Waals surface area contributed by atoms with Crippen molar-refractivity contribution in [2.75, 3.05) is 27.2 Å². The molecule has 3 unspecified atom stereocenters. The fourth-order valence-corrected chi connectivity index (χ4v) is 5.68. The molecule has 1 fully saturated rings. The van der Waals surface area contributed by atoms with Crippen molar-refractivity contribution in [3.05, 3.63) is 47.5 Å². The lowest BCUT2D eigenvalue weighted by molar-refractivity contribution is -0.137. The van der Waals surface area contributed by atoms with Crippen molar-refractivity contribution in [3.8, 4) is 0 Å². The second kappa shape index (κ2) is 13.3. The highest BCUT2D eigenvalue weighted by molar-refractivity contribution is 5.93. The molecule has 0 aliphatic carbocycles. The predicted molar refractivity (Wildman–Crippen MR) is 159 cm³/mol. The smallest absolute Gasteiger partial charge is 0.249 e. The van der Waals surface area contributed by atoms with Gasteiger partial charge in [-0.2, -0.15) is 0 Å². The van der Waals surface area contributed by atoms with Gasteiger partial charge >= 0.3 is 0 Å². The van der Waals surface area contributed by atoms with E-state index in [1.54, 1.807) is 0 Å². The summed E-state index contributed by atoms with van der Waals surface area (Å²) in [5.74, 6) is 0.312. The zero-order valence-corrected chi connectivity index (χ0v) is 25.9. The van der Waals surface area contributed by atoms with Crippen molar-refractivity contribution in [1.82, 2.24) is 20.4 Å². The van der Waals surface area contributed by atoms with E-state index in [0.29, 0.717) is 6.54 Å². The van der Waals surface area contributed by atoms with E-state index < -0.39 is 0 Å². The Morgan fingerprint density at radius 3 is 2.21 bits per heavy atom. The van der Waals surface area contributed by atoms with E-state index >= 15 is 0 Å². The lowest BCUT2D eigenvalue weighted by Crippen LogP contribution is -2.59. The molecule has 1 aromatic carbocycles. The summed E-state index contributed by atoms with van der Waals surface area (Å²) >= 11 is 0. The quantitative estimate of drug-likeness (QED) is 0.399. The van der Waals surface area contributed by atoms with E-state index in [2.05, 4.69) is 90.3 Å². The Labute approximate surface area is 232 Å². The van der Waals surface area contributed by atoms with E-state index in [-0.39, 0.29) is 52.7 Å². The van der Waals surface area contributed by atoms with Gasteiger partial charge in [-0.1, -0.05) is 84.9 Å². The van der Waals surface area contributed by atoms with Crippen LogP contribution in [-0.2, 0) is 15.0 Å². The normalized spacial score (nSPS) is 19.4. The number of likely N-dealkylation sites (N-methyl/N-ethyl adjacent to an activating group) is 2. The molecule has 0 saturated carbocycles. The SMILES string of the molecule is CNC(CNC(C(=O)N(C)C(/C=C(\C)C(=O)N1CCC[C@H]1C)C(C)C)C(C)(C)C)C(C)(C)c1ccccc1. The number of amides is 2. The first-order valence-electron chi connectivity index (χ1n) is 14.3. The summed E-state index contributed by atoms with van der Waals surface area (Å²) in [4.78, 5) is 31.0. The molecule has 2 amide bonds. The molecule has 0 radical (unpaired) electrons. The van der Waals surface area contributed by atoms with Crippen LogP contribution in [0.15, 0.2) is 42.0 Å². The van der Waals surface area contributed by atoms with Crippen molar-refractivity contribution in [2.24, 2.45) is 11.3 Å². The number of likely N-dealkylation sites (tertiary alicyclic amines) is 1. The van der Waals surface area contributed by atoms with Gasteiger partial charge in [0.1, 0.15) is 0 Å². The summed E-state index contributed by atoms with van der Waals surface area (Å²) < 4.78 is 0. The molecule has 1 aliphatic heterocycles. The molecule has 4 atom stereocenters. The van der Waals surface area contributed by atoms with Crippen LogP contribution in [0, 0.1) is 11.3 Å². The van der Waals surface area contributed by atoms with Gasteiger partial charge in [0.15, 0.2) is 0 Å². The van der Waals surface area contributed by atoms with Crippen LogP contribution >= 0.6 is 0 Å². The minimum atomic E-state index is -0.376. The number of carbonyl (C=O) groups is 2. The van der Waals surface area contributed by atoms with Crippen LogP contribution in [0.5, 0.6) is 0 Å². The second-order valence-electron chi connectivity index (χ2n) is 13.2. The van der Waals surface area contributed by atoms with Gasteiger partial charge in [0.2, 0.25) is 11.8 Å². The van der Waals surface area contributed by atoms with Gasteiger partial charge in [-0.15, -0.1) is 0 Å². The summed E-state index contributed by atoms with van der Waals surface area (Å²) in [6.45, 7) is 20.5. The lowest BCUT2D eigenvalue weighted by atomic mass is 9.77. The Balaban J connectivity index is 2.24. The zero-order chi connectivity index (χ0) is 28.8. The third-order valence-electron chi connectivity index (χ3n) is 8.43. The molecular weight excluding hydrogens is 472 g/mol.